The second kappa shape index (κ2) is 11.6. The van der Waals surface area contributed by atoms with Crippen LogP contribution in [0.5, 0.6) is 0 Å². The maximum atomic E-state index is 11.8. The van der Waals surface area contributed by atoms with Crippen molar-refractivity contribution in [3.63, 3.8) is 0 Å². The molecule has 0 fully saturated rings. The van der Waals surface area contributed by atoms with E-state index in [0.717, 1.165) is 17.8 Å². The van der Waals surface area contributed by atoms with Gasteiger partial charge in [0.25, 0.3) is 0 Å². The number of fused-ring (bicyclic) bond motifs is 7. The number of nitrogens with zero attached hydrogens (tertiary/aromatic N) is 2. The van der Waals surface area contributed by atoms with Crippen LogP contribution < -0.4 is 4.90 Å². The van der Waals surface area contributed by atoms with E-state index >= 15 is 0 Å². The zero-order valence-electron chi connectivity index (χ0n) is 28.6. The molecule has 6 aromatic rings. The van der Waals surface area contributed by atoms with Crippen molar-refractivity contribution in [3.8, 4) is 0 Å². The van der Waals surface area contributed by atoms with Gasteiger partial charge >= 0.3 is 5.97 Å². The molecule has 0 aromatic heterocycles. The smallest absolute Gasteiger partial charge is 0.305 e. The third-order valence-electron chi connectivity index (χ3n) is 10.9. The Balaban J connectivity index is 1.25. The van der Waals surface area contributed by atoms with Gasteiger partial charge in [-0.2, -0.15) is 4.58 Å². The second-order valence-corrected chi connectivity index (χ2v) is 14.3. The molecule has 0 radical (unpaired) electrons. The number of anilines is 1. The summed E-state index contributed by atoms with van der Waals surface area (Å²) < 4.78 is 2.36. The van der Waals surface area contributed by atoms with Gasteiger partial charge in [0.2, 0.25) is 5.69 Å². The predicted octanol–water partition coefficient (Wildman–Crippen LogP) is 10.1. The Morgan fingerprint density at radius 1 is 0.755 bits per heavy atom. The molecule has 4 heteroatoms. The first-order valence-electron chi connectivity index (χ1n) is 17.2. The van der Waals surface area contributed by atoms with Gasteiger partial charge in [0, 0.05) is 41.1 Å². The van der Waals surface area contributed by atoms with E-state index in [1.165, 1.54) is 60.4 Å². The maximum Gasteiger partial charge on any atom is 0.305 e. The van der Waals surface area contributed by atoms with Crippen LogP contribution in [0.15, 0.2) is 139 Å². The Hall–Kier alpha value is -5.48. The Kier molecular flexibility index (Phi) is 7.29. The summed E-state index contributed by atoms with van der Waals surface area (Å²) in [6.45, 7) is 7.33. The largest absolute Gasteiger partial charge is 0.481 e. The fraction of sp³-hybridized carbons (Fsp3) is 0.200. The highest BCUT2D eigenvalue weighted by Gasteiger charge is 2.48. The topological polar surface area (TPSA) is 43.5 Å². The monoisotopic (exact) mass is 641 g/mol. The Labute approximate surface area is 287 Å². The minimum Gasteiger partial charge on any atom is -0.481 e. The third-order valence-corrected chi connectivity index (χ3v) is 10.9. The van der Waals surface area contributed by atoms with Gasteiger partial charge in [-0.15, -0.1) is 0 Å². The maximum absolute atomic E-state index is 11.8. The van der Waals surface area contributed by atoms with Gasteiger partial charge in [0.05, 0.1) is 11.8 Å². The Bertz CT molecular complexity index is 2410. The molecule has 8 rings (SSSR count). The van der Waals surface area contributed by atoms with Crippen LogP contribution in [0.3, 0.4) is 0 Å². The van der Waals surface area contributed by atoms with Gasteiger partial charge in [-0.25, -0.2) is 0 Å². The molecular formula is C45H41N2O2+. The number of carboxylic acid groups (broad SMARTS) is 1. The summed E-state index contributed by atoms with van der Waals surface area (Å²) in [4.78, 5) is 14.0. The zero-order chi connectivity index (χ0) is 33.9. The van der Waals surface area contributed by atoms with E-state index in [1.807, 2.05) is 0 Å². The molecular weight excluding hydrogens is 601 g/mol. The molecule has 0 bridgehead atoms. The molecule has 0 aliphatic carbocycles. The zero-order valence-corrected chi connectivity index (χ0v) is 28.6. The summed E-state index contributed by atoms with van der Waals surface area (Å²) in [5.74, 6) is -0.792. The van der Waals surface area contributed by atoms with Gasteiger partial charge in [-0.1, -0.05) is 117 Å². The lowest BCUT2D eigenvalue weighted by atomic mass is 9.72. The SMILES string of the molecule is C[N+]1=C(/C=C/C=C2/N(CCC(=O)O)c3ccc4ccccc4c3C2(C)C)C(C)(Cc2ccc3ccccc3c2)c2c1ccc1ccccc21. The quantitative estimate of drug-likeness (QED) is 0.177. The van der Waals surface area contributed by atoms with Crippen molar-refractivity contribution in [2.24, 2.45) is 0 Å². The van der Waals surface area contributed by atoms with E-state index in [4.69, 9.17) is 0 Å². The molecule has 49 heavy (non-hydrogen) atoms. The molecule has 6 aromatic carbocycles. The number of benzene rings is 6. The standard InChI is InChI=1S/C45H40N2O2/c1-44(2)39(47(27-26-41(48)49)38-25-23-32-13-7-9-16-35(32)42(38)44)18-11-19-40-45(3,29-30-20-21-31-12-5-6-15-34(31)28-30)43-36-17-10-8-14-33(36)22-24-37(43)46(40)4/h5-25,28H,26-27,29H2,1-4H3/p+1. The average molecular weight is 642 g/mol. The van der Waals surface area contributed by atoms with Crippen LogP contribution in [0.2, 0.25) is 0 Å². The fourth-order valence-electron chi connectivity index (χ4n) is 8.69. The number of rotatable bonds is 7. The molecule has 242 valence electrons. The van der Waals surface area contributed by atoms with Crippen molar-refractivity contribution >= 4 is 55.4 Å². The van der Waals surface area contributed by atoms with Gasteiger partial charge < -0.3 is 10.0 Å². The third kappa shape index (κ3) is 4.97. The highest BCUT2D eigenvalue weighted by atomic mass is 16.4. The molecule has 1 N–H and O–H groups in total. The minimum atomic E-state index is -0.792. The lowest BCUT2D eigenvalue weighted by Crippen LogP contribution is -2.33. The number of carbonyl (C=O) groups is 1. The van der Waals surface area contributed by atoms with Crippen LogP contribution in [-0.4, -0.2) is 35.0 Å². The summed E-state index contributed by atoms with van der Waals surface area (Å²) in [5.41, 5.74) is 7.97. The van der Waals surface area contributed by atoms with Crippen LogP contribution in [0, 0.1) is 0 Å². The van der Waals surface area contributed by atoms with Crippen LogP contribution in [0.1, 0.15) is 43.9 Å². The highest BCUT2D eigenvalue weighted by molar-refractivity contribution is 6.08. The molecule has 2 heterocycles. The lowest BCUT2D eigenvalue weighted by molar-refractivity contribution is -0.401. The van der Waals surface area contributed by atoms with Crippen molar-refractivity contribution in [1.82, 2.24) is 0 Å². The molecule has 0 amide bonds. The van der Waals surface area contributed by atoms with E-state index in [-0.39, 0.29) is 17.3 Å². The number of hydrogen-bond donors (Lipinski definition) is 1. The second-order valence-electron chi connectivity index (χ2n) is 14.3. The van der Waals surface area contributed by atoms with Crippen molar-refractivity contribution in [1.29, 1.82) is 0 Å². The summed E-state index contributed by atoms with van der Waals surface area (Å²) in [6, 6.07) is 41.5. The molecule has 0 spiro atoms. The number of carboxylic acids is 1. The molecule has 1 atom stereocenters. The van der Waals surface area contributed by atoms with E-state index in [0.29, 0.717) is 6.54 Å². The van der Waals surface area contributed by atoms with Gasteiger partial charge in [0.15, 0.2) is 5.71 Å². The molecule has 4 nitrogen and oxygen atoms in total. The Morgan fingerprint density at radius 2 is 1.37 bits per heavy atom. The van der Waals surface area contributed by atoms with Crippen LogP contribution >= 0.6 is 0 Å². The first kappa shape index (κ1) is 30.8. The van der Waals surface area contributed by atoms with Gasteiger partial charge in [-0.3, -0.25) is 4.79 Å². The predicted molar refractivity (Wildman–Crippen MR) is 204 cm³/mol. The van der Waals surface area contributed by atoms with Crippen molar-refractivity contribution in [3.05, 3.63) is 156 Å². The average Bonchev–Trinajstić information content (AvgIpc) is 3.45. The number of hydrogen-bond acceptors (Lipinski definition) is 2. The summed E-state index contributed by atoms with van der Waals surface area (Å²) in [6.07, 6.45) is 7.62. The van der Waals surface area contributed by atoms with E-state index in [2.05, 4.69) is 171 Å². The van der Waals surface area contributed by atoms with E-state index in [9.17, 15) is 9.90 Å². The van der Waals surface area contributed by atoms with E-state index in [1.54, 1.807) is 0 Å². The molecule has 0 saturated carbocycles. The van der Waals surface area contributed by atoms with E-state index < -0.39 is 5.97 Å². The summed E-state index contributed by atoms with van der Waals surface area (Å²) in [5, 5.41) is 17.1. The first-order chi connectivity index (χ1) is 23.7. The number of aliphatic carboxylic acids is 1. The highest BCUT2D eigenvalue weighted by Crippen LogP contribution is 2.51. The van der Waals surface area contributed by atoms with Crippen molar-refractivity contribution in [2.45, 2.75) is 44.4 Å². The van der Waals surface area contributed by atoms with Gasteiger partial charge in [-0.05, 0) is 75.0 Å². The molecule has 0 saturated heterocycles. The number of allylic oxidation sites excluding steroid dienone is 4. The first-order valence-corrected chi connectivity index (χ1v) is 17.2. The fourth-order valence-corrected chi connectivity index (χ4v) is 8.69. The molecule has 2 aliphatic heterocycles. The van der Waals surface area contributed by atoms with Crippen molar-refractivity contribution in [2.75, 3.05) is 18.5 Å². The van der Waals surface area contributed by atoms with Crippen LogP contribution in [0.4, 0.5) is 11.4 Å². The minimum absolute atomic E-state index is 0.0652. The lowest BCUT2D eigenvalue weighted by Gasteiger charge is -2.27. The normalized spacial score (nSPS) is 19.1. The van der Waals surface area contributed by atoms with Crippen LogP contribution in [-0.2, 0) is 22.0 Å². The molecule has 1 unspecified atom stereocenters. The molecule has 2 aliphatic rings. The Morgan fingerprint density at radius 3 is 2.08 bits per heavy atom. The van der Waals surface area contributed by atoms with Gasteiger partial charge in [0.1, 0.15) is 7.05 Å². The van der Waals surface area contributed by atoms with Crippen molar-refractivity contribution < 1.29 is 14.5 Å². The summed E-state index contributed by atoms with van der Waals surface area (Å²) >= 11 is 0. The summed E-state index contributed by atoms with van der Waals surface area (Å²) in [7, 11) is 2.19. The van der Waals surface area contributed by atoms with Crippen LogP contribution in [0.25, 0.3) is 32.3 Å².